The number of halogens is 1. The molecule has 0 spiro atoms. The minimum atomic E-state index is 0. The SMILES string of the molecule is CN=C(NCCc1c[nH]c2cc(C)ccc12)NCC(C)N(C)C1CC1.I. The summed E-state index contributed by atoms with van der Waals surface area (Å²) in [5.74, 6) is 0.881. The number of nitrogens with zero attached hydrogens (tertiary/aromatic N) is 2. The average Bonchev–Trinajstić information content (AvgIpc) is 3.39. The number of benzene rings is 1. The average molecular weight is 469 g/mol. The van der Waals surface area contributed by atoms with Crippen LogP contribution >= 0.6 is 24.0 Å². The summed E-state index contributed by atoms with van der Waals surface area (Å²) in [6.45, 7) is 6.18. The van der Waals surface area contributed by atoms with Crippen molar-refractivity contribution in [2.75, 3.05) is 27.2 Å². The summed E-state index contributed by atoms with van der Waals surface area (Å²) in [7, 11) is 4.05. The van der Waals surface area contributed by atoms with Crippen LogP contribution in [0.2, 0.25) is 0 Å². The molecule has 0 amide bonds. The molecule has 0 saturated heterocycles. The molecule has 1 saturated carbocycles. The van der Waals surface area contributed by atoms with E-state index in [-0.39, 0.29) is 24.0 Å². The molecule has 1 aromatic carbocycles. The first-order valence-corrected chi connectivity index (χ1v) is 9.31. The molecule has 0 bridgehead atoms. The molecule has 1 aliphatic rings. The van der Waals surface area contributed by atoms with Crippen LogP contribution in [-0.2, 0) is 6.42 Å². The Morgan fingerprint density at radius 2 is 2.12 bits per heavy atom. The third-order valence-corrected chi connectivity index (χ3v) is 5.22. The molecule has 1 unspecified atom stereocenters. The zero-order valence-corrected chi connectivity index (χ0v) is 18.6. The highest BCUT2D eigenvalue weighted by molar-refractivity contribution is 14.0. The molecule has 1 fully saturated rings. The van der Waals surface area contributed by atoms with E-state index in [0.717, 1.165) is 31.5 Å². The topological polar surface area (TPSA) is 55.5 Å². The number of rotatable bonds is 7. The van der Waals surface area contributed by atoms with Gasteiger partial charge in [0, 0.05) is 49.3 Å². The maximum absolute atomic E-state index is 4.34. The molecule has 3 rings (SSSR count). The van der Waals surface area contributed by atoms with Crippen LogP contribution in [0.15, 0.2) is 29.4 Å². The predicted octanol–water partition coefficient (Wildman–Crippen LogP) is 3.28. The summed E-state index contributed by atoms with van der Waals surface area (Å²) in [5.41, 5.74) is 3.85. The van der Waals surface area contributed by atoms with Crippen molar-refractivity contribution in [3.05, 3.63) is 35.5 Å². The fourth-order valence-electron chi connectivity index (χ4n) is 3.27. The summed E-state index contributed by atoms with van der Waals surface area (Å²) < 4.78 is 0. The fraction of sp³-hybridized carbons (Fsp3) is 0.550. The van der Waals surface area contributed by atoms with Crippen molar-refractivity contribution in [3.63, 3.8) is 0 Å². The van der Waals surface area contributed by atoms with Gasteiger partial charge in [0.1, 0.15) is 0 Å². The summed E-state index contributed by atoms with van der Waals surface area (Å²) in [5, 5.41) is 8.19. The number of likely N-dealkylation sites (N-methyl/N-ethyl adjacent to an activating group) is 1. The van der Waals surface area contributed by atoms with Crippen LogP contribution in [0.1, 0.15) is 30.9 Å². The van der Waals surface area contributed by atoms with Crippen molar-refractivity contribution >= 4 is 40.8 Å². The molecule has 0 radical (unpaired) electrons. The van der Waals surface area contributed by atoms with Crippen molar-refractivity contribution in [2.45, 2.75) is 45.2 Å². The largest absolute Gasteiger partial charge is 0.361 e. The second kappa shape index (κ2) is 9.60. The lowest BCUT2D eigenvalue weighted by molar-refractivity contribution is 0.247. The smallest absolute Gasteiger partial charge is 0.191 e. The summed E-state index contributed by atoms with van der Waals surface area (Å²) >= 11 is 0. The summed E-state index contributed by atoms with van der Waals surface area (Å²) in [6, 6.07) is 7.88. The maximum atomic E-state index is 4.34. The Morgan fingerprint density at radius 1 is 1.35 bits per heavy atom. The molecular weight excluding hydrogens is 437 g/mol. The molecular formula is C20H32IN5. The third-order valence-electron chi connectivity index (χ3n) is 5.22. The van der Waals surface area contributed by atoms with Gasteiger partial charge in [-0.1, -0.05) is 12.1 Å². The molecule has 1 heterocycles. The van der Waals surface area contributed by atoms with E-state index >= 15 is 0 Å². The number of aromatic amines is 1. The van der Waals surface area contributed by atoms with Crippen LogP contribution in [0.4, 0.5) is 0 Å². The van der Waals surface area contributed by atoms with Crippen LogP contribution in [0, 0.1) is 6.92 Å². The normalized spacial score (nSPS) is 15.8. The highest BCUT2D eigenvalue weighted by atomic mass is 127. The Labute approximate surface area is 174 Å². The lowest BCUT2D eigenvalue weighted by Crippen LogP contribution is -2.45. The van der Waals surface area contributed by atoms with Gasteiger partial charge in [-0.15, -0.1) is 24.0 Å². The number of fused-ring (bicyclic) bond motifs is 1. The van der Waals surface area contributed by atoms with Gasteiger partial charge >= 0.3 is 0 Å². The highest BCUT2D eigenvalue weighted by Gasteiger charge is 2.28. The summed E-state index contributed by atoms with van der Waals surface area (Å²) in [4.78, 5) is 10.2. The highest BCUT2D eigenvalue weighted by Crippen LogP contribution is 2.26. The van der Waals surface area contributed by atoms with Crippen LogP contribution in [0.5, 0.6) is 0 Å². The number of nitrogens with one attached hydrogen (secondary N) is 3. The van der Waals surface area contributed by atoms with Crippen LogP contribution in [0.25, 0.3) is 10.9 Å². The minimum absolute atomic E-state index is 0. The number of hydrogen-bond acceptors (Lipinski definition) is 2. The van der Waals surface area contributed by atoms with Gasteiger partial charge in [0.25, 0.3) is 0 Å². The second-order valence-electron chi connectivity index (χ2n) is 7.24. The second-order valence-corrected chi connectivity index (χ2v) is 7.24. The molecule has 144 valence electrons. The molecule has 2 aromatic rings. The van der Waals surface area contributed by atoms with E-state index in [9.17, 15) is 0 Å². The maximum Gasteiger partial charge on any atom is 0.191 e. The van der Waals surface area contributed by atoms with E-state index in [1.807, 2.05) is 7.05 Å². The van der Waals surface area contributed by atoms with Gasteiger partial charge in [-0.3, -0.25) is 9.89 Å². The number of H-pyrrole nitrogens is 1. The lowest BCUT2D eigenvalue weighted by atomic mass is 10.1. The molecule has 26 heavy (non-hydrogen) atoms. The molecule has 5 nitrogen and oxygen atoms in total. The van der Waals surface area contributed by atoms with Gasteiger partial charge in [-0.05, 0) is 57.4 Å². The first kappa shape index (κ1) is 21.0. The number of guanidine groups is 1. The lowest BCUT2D eigenvalue weighted by Gasteiger charge is -2.25. The molecule has 3 N–H and O–H groups in total. The van der Waals surface area contributed by atoms with Crippen LogP contribution in [-0.4, -0.2) is 55.1 Å². The quantitative estimate of drug-likeness (QED) is 0.332. The van der Waals surface area contributed by atoms with Crippen molar-refractivity contribution in [1.29, 1.82) is 0 Å². The monoisotopic (exact) mass is 469 g/mol. The van der Waals surface area contributed by atoms with Crippen molar-refractivity contribution in [1.82, 2.24) is 20.5 Å². The van der Waals surface area contributed by atoms with Gasteiger partial charge in [0.05, 0.1) is 0 Å². The molecule has 1 atom stereocenters. The van der Waals surface area contributed by atoms with E-state index in [2.05, 4.69) is 70.8 Å². The van der Waals surface area contributed by atoms with Crippen molar-refractivity contribution < 1.29 is 0 Å². The zero-order chi connectivity index (χ0) is 17.8. The van der Waals surface area contributed by atoms with Crippen molar-refractivity contribution in [3.8, 4) is 0 Å². The number of aliphatic imine (C=N–C) groups is 1. The van der Waals surface area contributed by atoms with Crippen LogP contribution in [0.3, 0.4) is 0 Å². The van der Waals surface area contributed by atoms with Crippen molar-refractivity contribution in [2.24, 2.45) is 4.99 Å². The van der Waals surface area contributed by atoms with Gasteiger partial charge in [0.15, 0.2) is 5.96 Å². The van der Waals surface area contributed by atoms with E-state index in [4.69, 9.17) is 0 Å². The van der Waals surface area contributed by atoms with Gasteiger partial charge in [0.2, 0.25) is 0 Å². The van der Waals surface area contributed by atoms with E-state index in [1.165, 1.54) is 34.9 Å². The Hall–Kier alpha value is -1.28. The molecule has 1 aliphatic carbocycles. The summed E-state index contributed by atoms with van der Waals surface area (Å²) in [6.07, 6.45) is 5.78. The third kappa shape index (κ3) is 5.36. The molecule has 6 heteroatoms. The standard InChI is InChI=1S/C20H31N5.HI/c1-14-5-8-18-16(13-23-19(18)11-14)9-10-22-20(21-3)24-12-15(2)25(4)17-6-7-17;/h5,8,11,13,15,17,23H,6-7,9-10,12H2,1-4H3,(H2,21,22,24);1H. The zero-order valence-electron chi connectivity index (χ0n) is 16.3. The van der Waals surface area contributed by atoms with E-state index < -0.39 is 0 Å². The Morgan fingerprint density at radius 3 is 2.81 bits per heavy atom. The van der Waals surface area contributed by atoms with Gasteiger partial charge < -0.3 is 15.6 Å². The Kier molecular flexibility index (Phi) is 7.76. The van der Waals surface area contributed by atoms with E-state index in [0.29, 0.717) is 6.04 Å². The molecule has 1 aromatic heterocycles. The van der Waals surface area contributed by atoms with Gasteiger partial charge in [-0.2, -0.15) is 0 Å². The number of aryl methyl sites for hydroxylation is 1. The Balaban J connectivity index is 0.00000243. The fourth-order valence-corrected chi connectivity index (χ4v) is 3.27. The predicted molar refractivity (Wildman–Crippen MR) is 122 cm³/mol. The first-order valence-electron chi connectivity index (χ1n) is 9.31. The van der Waals surface area contributed by atoms with E-state index in [1.54, 1.807) is 0 Å². The Bertz CT molecular complexity index is 735. The van der Waals surface area contributed by atoms with Crippen LogP contribution < -0.4 is 10.6 Å². The first-order chi connectivity index (χ1) is 12.1. The number of aromatic nitrogens is 1. The van der Waals surface area contributed by atoms with Gasteiger partial charge in [-0.25, -0.2) is 0 Å². The minimum Gasteiger partial charge on any atom is -0.361 e. The number of hydrogen-bond donors (Lipinski definition) is 3. The molecule has 0 aliphatic heterocycles.